The zero-order chi connectivity index (χ0) is 20.8. The van der Waals surface area contributed by atoms with Crippen LogP contribution in [0.2, 0.25) is 0 Å². The van der Waals surface area contributed by atoms with Crippen LogP contribution in [0.4, 0.5) is 10.5 Å². The van der Waals surface area contributed by atoms with E-state index < -0.39 is 6.10 Å². The molecular formula is C20H29N3O6. The lowest BCUT2D eigenvalue weighted by Crippen LogP contribution is -2.58. The average molecular weight is 407 g/mol. The van der Waals surface area contributed by atoms with Crippen LogP contribution in [0.3, 0.4) is 0 Å². The molecule has 29 heavy (non-hydrogen) atoms. The SMILES string of the molecule is CNC(=O)C[C@@H]1CC[C@H]2[C@@H](COC[C@H](O)CN2C(=O)Nc2cccc(OC)c2)O1. The van der Waals surface area contributed by atoms with Crippen molar-refractivity contribution in [3.63, 3.8) is 0 Å². The molecule has 2 aliphatic rings. The second-order valence-corrected chi connectivity index (χ2v) is 7.32. The average Bonchev–Trinajstić information content (AvgIpc) is 2.71. The molecule has 2 heterocycles. The molecule has 4 atom stereocenters. The van der Waals surface area contributed by atoms with E-state index >= 15 is 0 Å². The van der Waals surface area contributed by atoms with Gasteiger partial charge in [-0.15, -0.1) is 0 Å². The van der Waals surface area contributed by atoms with Gasteiger partial charge in [-0.3, -0.25) is 4.79 Å². The van der Waals surface area contributed by atoms with E-state index in [0.717, 1.165) is 0 Å². The van der Waals surface area contributed by atoms with Crippen LogP contribution in [-0.4, -0.2) is 80.2 Å². The van der Waals surface area contributed by atoms with Crippen molar-refractivity contribution in [1.82, 2.24) is 10.2 Å². The minimum Gasteiger partial charge on any atom is -0.497 e. The summed E-state index contributed by atoms with van der Waals surface area (Å²) in [4.78, 5) is 26.4. The third kappa shape index (κ3) is 5.59. The third-order valence-electron chi connectivity index (χ3n) is 5.25. The first-order valence-electron chi connectivity index (χ1n) is 9.83. The van der Waals surface area contributed by atoms with Gasteiger partial charge in [-0.2, -0.15) is 0 Å². The fourth-order valence-corrected chi connectivity index (χ4v) is 3.78. The molecule has 0 radical (unpaired) electrons. The molecule has 3 amide bonds. The largest absolute Gasteiger partial charge is 0.497 e. The minimum atomic E-state index is -0.782. The van der Waals surface area contributed by atoms with Crippen molar-refractivity contribution in [3.8, 4) is 5.75 Å². The molecule has 0 spiro atoms. The van der Waals surface area contributed by atoms with Crippen LogP contribution in [0, 0.1) is 0 Å². The highest BCUT2D eigenvalue weighted by Gasteiger charge is 2.40. The Kier molecular flexibility index (Phi) is 7.29. The number of hydrogen-bond donors (Lipinski definition) is 3. The number of aliphatic hydroxyl groups excluding tert-OH is 1. The molecule has 3 rings (SSSR count). The van der Waals surface area contributed by atoms with Crippen molar-refractivity contribution in [2.45, 2.75) is 43.6 Å². The molecule has 9 nitrogen and oxygen atoms in total. The van der Waals surface area contributed by atoms with Gasteiger partial charge in [-0.25, -0.2) is 4.79 Å². The van der Waals surface area contributed by atoms with Crippen LogP contribution in [-0.2, 0) is 14.3 Å². The van der Waals surface area contributed by atoms with Gasteiger partial charge in [0.05, 0.1) is 51.5 Å². The highest BCUT2D eigenvalue weighted by Crippen LogP contribution is 2.28. The number of rotatable bonds is 4. The summed E-state index contributed by atoms with van der Waals surface area (Å²) in [5, 5.41) is 15.7. The number of urea groups is 1. The summed E-state index contributed by atoms with van der Waals surface area (Å²) < 4.78 is 16.9. The number of anilines is 1. The van der Waals surface area contributed by atoms with Crippen LogP contribution in [0.25, 0.3) is 0 Å². The summed E-state index contributed by atoms with van der Waals surface area (Å²) in [6.07, 6.45) is 0.227. The van der Waals surface area contributed by atoms with E-state index in [1.165, 1.54) is 0 Å². The molecule has 2 fully saturated rings. The number of carbonyl (C=O) groups excluding carboxylic acids is 2. The maximum Gasteiger partial charge on any atom is 0.322 e. The molecule has 3 N–H and O–H groups in total. The van der Waals surface area contributed by atoms with E-state index in [2.05, 4.69) is 10.6 Å². The van der Waals surface area contributed by atoms with Gasteiger partial charge in [0.2, 0.25) is 5.91 Å². The van der Waals surface area contributed by atoms with Gasteiger partial charge < -0.3 is 34.9 Å². The second-order valence-electron chi connectivity index (χ2n) is 7.32. The first-order valence-corrected chi connectivity index (χ1v) is 9.83. The quantitative estimate of drug-likeness (QED) is 0.686. The molecule has 2 saturated heterocycles. The Morgan fingerprint density at radius 1 is 1.31 bits per heavy atom. The summed E-state index contributed by atoms with van der Waals surface area (Å²) in [6, 6.07) is 6.53. The van der Waals surface area contributed by atoms with E-state index in [4.69, 9.17) is 14.2 Å². The van der Waals surface area contributed by atoms with Gasteiger partial charge in [0.1, 0.15) is 11.9 Å². The molecule has 0 bridgehead atoms. The topological polar surface area (TPSA) is 109 Å². The van der Waals surface area contributed by atoms with Crippen molar-refractivity contribution in [2.75, 3.05) is 39.2 Å². The fourth-order valence-electron chi connectivity index (χ4n) is 3.78. The minimum absolute atomic E-state index is 0.0803. The maximum atomic E-state index is 13.0. The van der Waals surface area contributed by atoms with Gasteiger partial charge >= 0.3 is 6.03 Å². The number of carbonyl (C=O) groups is 2. The van der Waals surface area contributed by atoms with Gasteiger partial charge in [-0.1, -0.05) is 6.07 Å². The third-order valence-corrected chi connectivity index (χ3v) is 5.25. The number of nitrogens with zero attached hydrogens (tertiary/aromatic N) is 1. The number of nitrogens with one attached hydrogen (secondary N) is 2. The number of amides is 3. The zero-order valence-corrected chi connectivity index (χ0v) is 16.8. The van der Waals surface area contributed by atoms with E-state index in [0.29, 0.717) is 24.3 Å². The van der Waals surface area contributed by atoms with Crippen molar-refractivity contribution in [2.24, 2.45) is 0 Å². The second kappa shape index (κ2) is 9.91. The van der Waals surface area contributed by atoms with Crippen LogP contribution in [0.5, 0.6) is 5.75 Å². The molecular weight excluding hydrogens is 378 g/mol. The molecule has 0 saturated carbocycles. The Labute approximate surface area is 170 Å². The van der Waals surface area contributed by atoms with Crippen molar-refractivity contribution < 1.29 is 28.9 Å². The maximum absolute atomic E-state index is 13.0. The van der Waals surface area contributed by atoms with E-state index in [1.54, 1.807) is 43.3 Å². The summed E-state index contributed by atoms with van der Waals surface area (Å²) in [5.41, 5.74) is 0.605. The molecule has 9 heteroatoms. The number of β-amino-alcohol motifs (C(OH)–C–C–N with tert-alkyl or cyclic N) is 1. The predicted octanol–water partition coefficient (Wildman–Crippen LogP) is 0.973. The molecule has 1 aromatic carbocycles. The Morgan fingerprint density at radius 3 is 2.90 bits per heavy atom. The molecule has 0 aliphatic carbocycles. The Balaban J connectivity index is 1.72. The number of benzene rings is 1. The normalized spacial score (nSPS) is 27.2. The Morgan fingerprint density at radius 2 is 2.14 bits per heavy atom. The molecule has 0 unspecified atom stereocenters. The summed E-state index contributed by atoms with van der Waals surface area (Å²) in [7, 11) is 3.16. The lowest BCUT2D eigenvalue weighted by molar-refractivity contribution is -0.149. The van der Waals surface area contributed by atoms with Crippen molar-refractivity contribution in [1.29, 1.82) is 0 Å². The fraction of sp³-hybridized carbons (Fsp3) is 0.600. The Hall–Kier alpha value is -2.36. The number of methoxy groups -OCH3 is 1. The first kappa shape index (κ1) is 21.4. The Bertz CT molecular complexity index is 715. The van der Waals surface area contributed by atoms with Crippen LogP contribution >= 0.6 is 0 Å². The van der Waals surface area contributed by atoms with Crippen molar-refractivity contribution >= 4 is 17.6 Å². The lowest BCUT2D eigenvalue weighted by atomic mass is 9.95. The van der Waals surface area contributed by atoms with E-state index in [1.807, 2.05) is 0 Å². The van der Waals surface area contributed by atoms with Crippen LogP contribution in [0.15, 0.2) is 24.3 Å². The highest BCUT2D eigenvalue weighted by atomic mass is 16.5. The van der Waals surface area contributed by atoms with Gasteiger partial charge in [0.25, 0.3) is 0 Å². The van der Waals surface area contributed by atoms with Crippen molar-refractivity contribution in [3.05, 3.63) is 24.3 Å². The smallest absolute Gasteiger partial charge is 0.322 e. The standard InChI is InChI=1S/C20H29N3O6/c1-21-19(25)9-16-6-7-17-18(29-16)12-28-11-14(24)10-23(17)20(26)22-13-4-3-5-15(8-13)27-2/h3-5,8,14,16-18,24H,6-7,9-12H2,1-2H3,(H,21,25)(H,22,26)/t14-,16+,17+,18-/m1/s1. The summed E-state index contributed by atoms with van der Waals surface area (Å²) >= 11 is 0. The van der Waals surface area contributed by atoms with E-state index in [9.17, 15) is 14.7 Å². The number of hydrogen-bond acceptors (Lipinski definition) is 6. The summed E-state index contributed by atoms with van der Waals surface area (Å²) in [5.74, 6) is 0.558. The van der Waals surface area contributed by atoms with Gasteiger partial charge in [0, 0.05) is 18.8 Å². The lowest BCUT2D eigenvalue weighted by Gasteiger charge is -2.44. The zero-order valence-electron chi connectivity index (χ0n) is 16.8. The molecule has 160 valence electrons. The molecule has 2 aliphatic heterocycles. The predicted molar refractivity (Wildman–Crippen MR) is 106 cm³/mol. The summed E-state index contributed by atoms with van der Waals surface area (Å²) in [6.45, 7) is 0.519. The number of aliphatic hydroxyl groups is 1. The molecule has 0 aromatic heterocycles. The number of fused-ring (bicyclic) bond motifs is 1. The highest BCUT2D eigenvalue weighted by molar-refractivity contribution is 5.89. The molecule has 1 aromatic rings. The van der Waals surface area contributed by atoms with Gasteiger partial charge in [0.15, 0.2) is 0 Å². The van der Waals surface area contributed by atoms with Crippen LogP contribution < -0.4 is 15.4 Å². The van der Waals surface area contributed by atoms with Gasteiger partial charge in [-0.05, 0) is 25.0 Å². The van der Waals surface area contributed by atoms with E-state index in [-0.39, 0.29) is 56.4 Å². The first-order chi connectivity index (χ1) is 14.0. The van der Waals surface area contributed by atoms with Crippen LogP contribution in [0.1, 0.15) is 19.3 Å². The monoisotopic (exact) mass is 407 g/mol. The number of ether oxygens (including phenoxy) is 3.